The second kappa shape index (κ2) is 7.59. The number of hydrogen-bond acceptors (Lipinski definition) is 3. The van der Waals surface area contributed by atoms with Gasteiger partial charge in [0, 0.05) is 55.5 Å². The monoisotopic (exact) mass is 441 g/mol. The van der Waals surface area contributed by atoms with E-state index in [4.69, 9.17) is 0 Å². The number of benzene rings is 2. The van der Waals surface area contributed by atoms with Gasteiger partial charge in [0.2, 0.25) is 0 Å². The van der Waals surface area contributed by atoms with Crippen molar-refractivity contribution in [1.29, 1.82) is 0 Å². The molecular formula is C27H28FN5. The molecule has 2 aliphatic rings. The van der Waals surface area contributed by atoms with Crippen molar-refractivity contribution in [3.63, 3.8) is 0 Å². The molecule has 2 aromatic carbocycles. The van der Waals surface area contributed by atoms with E-state index in [1.165, 1.54) is 29.1 Å². The van der Waals surface area contributed by atoms with Crippen molar-refractivity contribution in [3.8, 4) is 28.3 Å². The van der Waals surface area contributed by atoms with Gasteiger partial charge in [0.1, 0.15) is 5.82 Å². The van der Waals surface area contributed by atoms with Crippen LogP contribution in [0.4, 0.5) is 10.1 Å². The SMILES string of the molecule is C[C@H]1CN(c2ccc3c(c2)Cn2cc(-c4ccc(F)cc4)cc2-c2nccn2-3)C[C@H]1N(C)C. The van der Waals surface area contributed by atoms with Gasteiger partial charge in [-0.1, -0.05) is 19.1 Å². The Hall–Kier alpha value is -3.38. The summed E-state index contributed by atoms with van der Waals surface area (Å²) in [6.45, 7) is 5.23. The number of aromatic nitrogens is 3. The number of hydrogen-bond donors (Lipinski definition) is 0. The minimum absolute atomic E-state index is 0.218. The first-order valence-corrected chi connectivity index (χ1v) is 11.5. The van der Waals surface area contributed by atoms with E-state index in [0.29, 0.717) is 12.0 Å². The number of imidazole rings is 1. The van der Waals surface area contributed by atoms with E-state index in [0.717, 1.165) is 42.3 Å². The van der Waals surface area contributed by atoms with E-state index in [1.807, 2.05) is 24.5 Å². The Morgan fingerprint density at radius 1 is 1.00 bits per heavy atom. The normalized spacial score (nSPS) is 19.4. The van der Waals surface area contributed by atoms with Gasteiger partial charge in [-0.25, -0.2) is 9.37 Å². The van der Waals surface area contributed by atoms with E-state index in [9.17, 15) is 4.39 Å². The molecule has 2 aromatic heterocycles. The predicted octanol–water partition coefficient (Wildman–Crippen LogP) is 4.89. The van der Waals surface area contributed by atoms with Gasteiger partial charge in [-0.15, -0.1) is 0 Å². The lowest BCUT2D eigenvalue weighted by Gasteiger charge is -2.23. The summed E-state index contributed by atoms with van der Waals surface area (Å²) in [5.74, 6) is 1.34. The molecule has 6 heteroatoms. The number of fused-ring (bicyclic) bond motifs is 5. The second-order valence-electron chi connectivity index (χ2n) is 9.60. The molecule has 0 spiro atoms. The molecule has 0 aliphatic carbocycles. The Morgan fingerprint density at radius 3 is 2.58 bits per heavy atom. The summed E-state index contributed by atoms with van der Waals surface area (Å²) in [7, 11) is 4.35. The fourth-order valence-corrected chi connectivity index (χ4v) is 5.46. The maximum absolute atomic E-state index is 13.4. The quantitative estimate of drug-likeness (QED) is 0.399. The summed E-state index contributed by atoms with van der Waals surface area (Å²) < 4.78 is 17.9. The average molecular weight is 442 g/mol. The Kier molecular flexibility index (Phi) is 4.66. The van der Waals surface area contributed by atoms with Crippen LogP contribution in [0.2, 0.25) is 0 Å². The van der Waals surface area contributed by atoms with E-state index in [1.54, 1.807) is 0 Å². The minimum Gasteiger partial charge on any atom is -0.370 e. The highest BCUT2D eigenvalue weighted by atomic mass is 19.1. The van der Waals surface area contributed by atoms with Gasteiger partial charge in [-0.2, -0.15) is 0 Å². The Balaban J connectivity index is 1.40. The van der Waals surface area contributed by atoms with Crippen LogP contribution in [0.15, 0.2) is 67.1 Å². The van der Waals surface area contributed by atoms with E-state index in [2.05, 4.69) is 75.4 Å². The summed E-state index contributed by atoms with van der Waals surface area (Å²) in [6, 6.07) is 16.2. The van der Waals surface area contributed by atoms with Gasteiger partial charge < -0.3 is 14.4 Å². The molecule has 1 fully saturated rings. The van der Waals surface area contributed by atoms with Gasteiger partial charge in [-0.05, 0) is 67.5 Å². The van der Waals surface area contributed by atoms with Crippen molar-refractivity contribution in [3.05, 3.63) is 78.5 Å². The van der Waals surface area contributed by atoms with E-state index < -0.39 is 0 Å². The van der Waals surface area contributed by atoms with Crippen molar-refractivity contribution < 1.29 is 4.39 Å². The first kappa shape index (κ1) is 20.2. The summed E-state index contributed by atoms with van der Waals surface area (Å²) in [5, 5.41) is 0. The molecule has 0 radical (unpaired) electrons. The highest BCUT2D eigenvalue weighted by Gasteiger charge is 2.31. The highest BCUT2D eigenvalue weighted by Crippen LogP contribution is 2.36. The molecule has 2 aliphatic heterocycles. The Bertz CT molecular complexity index is 1320. The zero-order valence-corrected chi connectivity index (χ0v) is 19.2. The molecule has 168 valence electrons. The largest absolute Gasteiger partial charge is 0.370 e. The molecule has 1 saturated heterocycles. The van der Waals surface area contributed by atoms with Crippen LogP contribution < -0.4 is 4.90 Å². The molecule has 4 aromatic rings. The van der Waals surface area contributed by atoms with Crippen molar-refractivity contribution >= 4 is 5.69 Å². The standard InChI is InChI=1S/C27H28FN5/c1-18-14-31(17-26(18)30(2)3)23-8-9-24-21(12-23)16-32-15-20(19-4-6-22(28)7-5-19)13-25(32)27-29-10-11-33(24)27/h4-13,15,18,26H,14,16-17H2,1-3H3/t18-,26+/m0/s1. The number of halogens is 1. The van der Waals surface area contributed by atoms with Crippen LogP contribution in [-0.4, -0.2) is 52.2 Å². The Morgan fingerprint density at radius 2 is 1.82 bits per heavy atom. The third-order valence-corrected chi connectivity index (χ3v) is 7.21. The van der Waals surface area contributed by atoms with Crippen LogP contribution in [0, 0.1) is 11.7 Å². The molecule has 6 rings (SSSR count). The molecule has 5 nitrogen and oxygen atoms in total. The fourth-order valence-electron chi connectivity index (χ4n) is 5.46. The van der Waals surface area contributed by atoms with Gasteiger partial charge in [-0.3, -0.25) is 4.57 Å². The molecule has 2 atom stereocenters. The summed E-state index contributed by atoms with van der Waals surface area (Å²) in [4.78, 5) is 9.54. The zero-order chi connectivity index (χ0) is 22.7. The van der Waals surface area contributed by atoms with Crippen LogP contribution in [0.3, 0.4) is 0 Å². The lowest BCUT2D eigenvalue weighted by Crippen LogP contribution is -2.34. The molecular weight excluding hydrogens is 413 g/mol. The second-order valence-corrected chi connectivity index (χ2v) is 9.60. The van der Waals surface area contributed by atoms with Crippen molar-refractivity contribution in [2.75, 3.05) is 32.1 Å². The minimum atomic E-state index is -0.218. The third kappa shape index (κ3) is 3.37. The van der Waals surface area contributed by atoms with Crippen molar-refractivity contribution in [1.82, 2.24) is 19.0 Å². The van der Waals surface area contributed by atoms with Crippen molar-refractivity contribution in [2.45, 2.75) is 19.5 Å². The number of rotatable bonds is 3. The van der Waals surface area contributed by atoms with Crippen LogP contribution in [-0.2, 0) is 6.54 Å². The van der Waals surface area contributed by atoms with Gasteiger partial charge in [0.25, 0.3) is 0 Å². The Labute approximate surface area is 193 Å². The first-order chi connectivity index (χ1) is 16.0. The van der Waals surface area contributed by atoms with Gasteiger partial charge >= 0.3 is 0 Å². The molecule has 33 heavy (non-hydrogen) atoms. The maximum Gasteiger partial charge on any atom is 0.161 e. The van der Waals surface area contributed by atoms with Crippen LogP contribution in [0.25, 0.3) is 28.3 Å². The highest BCUT2D eigenvalue weighted by molar-refractivity contribution is 5.72. The predicted molar refractivity (Wildman–Crippen MR) is 130 cm³/mol. The lowest BCUT2D eigenvalue weighted by atomic mass is 10.1. The average Bonchev–Trinajstić information content (AvgIpc) is 3.51. The lowest BCUT2D eigenvalue weighted by molar-refractivity contribution is 0.266. The summed E-state index contributed by atoms with van der Waals surface area (Å²) in [5.41, 5.74) is 6.87. The summed E-state index contributed by atoms with van der Waals surface area (Å²) >= 11 is 0. The zero-order valence-electron chi connectivity index (χ0n) is 19.2. The number of anilines is 1. The first-order valence-electron chi connectivity index (χ1n) is 11.5. The van der Waals surface area contributed by atoms with E-state index in [-0.39, 0.29) is 5.82 Å². The van der Waals surface area contributed by atoms with Crippen LogP contribution in [0.5, 0.6) is 0 Å². The fraction of sp³-hybridized carbons (Fsp3) is 0.296. The molecule has 0 unspecified atom stereocenters. The topological polar surface area (TPSA) is 29.2 Å². The third-order valence-electron chi connectivity index (χ3n) is 7.21. The van der Waals surface area contributed by atoms with Crippen LogP contribution in [0.1, 0.15) is 12.5 Å². The van der Waals surface area contributed by atoms with Crippen molar-refractivity contribution in [2.24, 2.45) is 5.92 Å². The summed E-state index contributed by atoms with van der Waals surface area (Å²) in [6.07, 6.45) is 6.05. The van der Waals surface area contributed by atoms with E-state index >= 15 is 0 Å². The smallest absolute Gasteiger partial charge is 0.161 e. The van der Waals surface area contributed by atoms with Crippen LogP contribution >= 0.6 is 0 Å². The number of nitrogens with zero attached hydrogens (tertiary/aromatic N) is 5. The molecule has 4 heterocycles. The molecule has 0 saturated carbocycles. The molecule has 0 N–H and O–H groups in total. The van der Waals surface area contributed by atoms with Gasteiger partial charge in [0.05, 0.1) is 11.4 Å². The molecule has 0 bridgehead atoms. The maximum atomic E-state index is 13.4. The number of likely N-dealkylation sites (N-methyl/N-ethyl adjacent to an activating group) is 1. The van der Waals surface area contributed by atoms with Gasteiger partial charge in [0.15, 0.2) is 5.82 Å². The molecule has 0 amide bonds.